The number of aliphatic imine (C=N–C) groups is 1. The summed E-state index contributed by atoms with van der Waals surface area (Å²) in [5.74, 6) is 0.695. The van der Waals surface area contributed by atoms with Crippen LogP contribution in [0.25, 0.3) is 0 Å². The van der Waals surface area contributed by atoms with Gasteiger partial charge in [-0.1, -0.05) is 18.7 Å². The van der Waals surface area contributed by atoms with Crippen molar-refractivity contribution in [2.24, 2.45) is 22.4 Å². The van der Waals surface area contributed by atoms with Gasteiger partial charge in [0.2, 0.25) is 0 Å². The van der Waals surface area contributed by atoms with Crippen LogP contribution in [0.4, 0.5) is 0 Å². The minimum absolute atomic E-state index is 0.0790. The third-order valence-electron chi connectivity index (χ3n) is 1.05. The zero-order chi connectivity index (χ0) is 9.56. The Balaban J connectivity index is 3.65. The molecule has 0 fully saturated rings. The van der Waals surface area contributed by atoms with Crippen LogP contribution in [-0.4, -0.2) is 28.6 Å². The van der Waals surface area contributed by atoms with Crippen molar-refractivity contribution in [1.29, 1.82) is 5.41 Å². The van der Waals surface area contributed by atoms with E-state index in [9.17, 15) is 0 Å². The van der Waals surface area contributed by atoms with Crippen LogP contribution in [0, 0.1) is 11.3 Å². The summed E-state index contributed by atoms with van der Waals surface area (Å²) in [4.78, 5) is 3.52. The average Bonchev–Trinajstić information content (AvgIpc) is 1.99. The molecule has 6 heteroatoms. The number of nitrogens with two attached hydrogens (primary N) is 2. The number of amidine groups is 1. The smallest absolute Gasteiger partial charge is 0.193 e. The Labute approximate surface area is 75.7 Å². The van der Waals surface area contributed by atoms with Crippen LogP contribution < -0.4 is 11.5 Å². The van der Waals surface area contributed by atoms with E-state index in [4.69, 9.17) is 22.0 Å². The van der Waals surface area contributed by atoms with E-state index in [2.05, 4.69) is 4.99 Å². The number of nitrogens with one attached hydrogen (secondary N) is 1. The van der Waals surface area contributed by atoms with Gasteiger partial charge in [-0.25, -0.2) is 0 Å². The molecule has 0 spiro atoms. The first-order valence-electron chi connectivity index (χ1n) is 3.48. The van der Waals surface area contributed by atoms with Gasteiger partial charge in [0.05, 0.1) is 0 Å². The van der Waals surface area contributed by atoms with Crippen molar-refractivity contribution >= 4 is 22.9 Å². The van der Waals surface area contributed by atoms with Crippen LogP contribution in [0.2, 0.25) is 0 Å². The van der Waals surface area contributed by atoms with Gasteiger partial charge in [-0.05, 0) is 5.92 Å². The van der Waals surface area contributed by atoms with Crippen molar-refractivity contribution < 1.29 is 5.11 Å². The molecular weight excluding hydrogens is 176 g/mol. The van der Waals surface area contributed by atoms with Gasteiger partial charge in [0.25, 0.3) is 0 Å². The van der Waals surface area contributed by atoms with E-state index < -0.39 is 0 Å². The normalized spacial score (nSPS) is 12.2. The molecular formula is C6H14N4OS. The second-order valence-corrected chi connectivity index (χ2v) is 3.45. The van der Waals surface area contributed by atoms with E-state index >= 15 is 0 Å². The van der Waals surface area contributed by atoms with Crippen LogP contribution in [0.1, 0.15) is 6.92 Å². The second-order valence-electron chi connectivity index (χ2n) is 2.44. The van der Waals surface area contributed by atoms with E-state index in [1.165, 1.54) is 11.8 Å². The zero-order valence-corrected chi connectivity index (χ0v) is 7.77. The Morgan fingerprint density at radius 3 is 2.67 bits per heavy atom. The van der Waals surface area contributed by atoms with Gasteiger partial charge >= 0.3 is 0 Å². The Kier molecular flexibility index (Phi) is 5.48. The average molecular weight is 190 g/mol. The van der Waals surface area contributed by atoms with Crippen molar-refractivity contribution in [2.75, 3.05) is 12.4 Å². The van der Waals surface area contributed by atoms with Crippen LogP contribution >= 0.6 is 11.8 Å². The Bertz CT molecular complexity index is 178. The molecule has 70 valence electrons. The van der Waals surface area contributed by atoms with Gasteiger partial charge in [0, 0.05) is 12.4 Å². The molecule has 0 heterocycles. The number of hydrogen-bond donors (Lipinski definition) is 4. The largest absolute Gasteiger partial charge is 0.396 e. The summed E-state index contributed by atoms with van der Waals surface area (Å²) >= 11 is 1.21. The summed E-state index contributed by atoms with van der Waals surface area (Å²) in [5.41, 5.74) is 10.1. The summed E-state index contributed by atoms with van der Waals surface area (Å²) in [6.07, 6.45) is 0. The Morgan fingerprint density at radius 2 is 2.25 bits per heavy atom. The molecule has 0 bridgehead atoms. The third kappa shape index (κ3) is 5.99. The van der Waals surface area contributed by atoms with Crippen molar-refractivity contribution in [2.45, 2.75) is 6.92 Å². The highest BCUT2D eigenvalue weighted by Crippen LogP contribution is 2.09. The predicted octanol–water partition coefficient (Wildman–Crippen LogP) is -0.444. The number of hydrogen-bond acceptors (Lipinski definition) is 3. The first kappa shape index (κ1) is 11.2. The fraction of sp³-hybridized carbons (Fsp3) is 0.667. The molecule has 5 nitrogen and oxygen atoms in total. The van der Waals surface area contributed by atoms with Gasteiger partial charge in [-0.2, -0.15) is 4.99 Å². The monoisotopic (exact) mass is 190 g/mol. The van der Waals surface area contributed by atoms with E-state index in [0.29, 0.717) is 5.75 Å². The lowest BCUT2D eigenvalue weighted by molar-refractivity contribution is 0.250. The number of aliphatic hydroxyl groups excluding tert-OH is 1. The van der Waals surface area contributed by atoms with E-state index in [0.717, 1.165) is 0 Å². The SMILES string of the molecule is CC(CO)CSC(=N)N=C(N)N. The van der Waals surface area contributed by atoms with Crippen LogP contribution in [-0.2, 0) is 0 Å². The van der Waals surface area contributed by atoms with Crippen molar-refractivity contribution in [3.05, 3.63) is 0 Å². The van der Waals surface area contributed by atoms with E-state index in [1.54, 1.807) is 0 Å². The molecule has 1 atom stereocenters. The lowest BCUT2D eigenvalue weighted by Crippen LogP contribution is -2.23. The Hall–Kier alpha value is -0.750. The van der Waals surface area contributed by atoms with Gasteiger partial charge in [0.15, 0.2) is 11.1 Å². The first-order valence-corrected chi connectivity index (χ1v) is 4.46. The maximum atomic E-state index is 8.66. The number of aliphatic hydroxyl groups is 1. The first-order chi connectivity index (χ1) is 5.56. The molecule has 0 amide bonds. The van der Waals surface area contributed by atoms with Crippen molar-refractivity contribution in [3.8, 4) is 0 Å². The molecule has 0 rings (SSSR count). The minimum Gasteiger partial charge on any atom is -0.396 e. The summed E-state index contributed by atoms with van der Waals surface area (Å²) in [5, 5.41) is 16.0. The summed E-state index contributed by atoms with van der Waals surface area (Å²) in [6.45, 7) is 2.00. The number of guanidine groups is 1. The molecule has 12 heavy (non-hydrogen) atoms. The molecule has 0 saturated carbocycles. The van der Waals surface area contributed by atoms with Crippen molar-refractivity contribution in [1.82, 2.24) is 0 Å². The molecule has 0 aliphatic carbocycles. The topological polar surface area (TPSA) is 108 Å². The summed E-state index contributed by atoms with van der Waals surface area (Å²) < 4.78 is 0. The fourth-order valence-corrected chi connectivity index (χ4v) is 1.14. The van der Waals surface area contributed by atoms with Gasteiger partial charge in [0.1, 0.15) is 0 Å². The Morgan fingerprint density at radius 1 is 1.67 bits per heavy atom. The quantitative estimate of drug-likeness (QED) is 0.357. The fourth-order valence-electron chi connectivity index (χ4n) is 0.423. The highest BCUT2D eigenvalue weighted by molar-refractivity contribution is 8.13. The number of thioether (sulfide) groups is 1. The zero-order valence-electron chi connectivity index (χ0n) is 6.95. The molecule has 0 aliphatic heterocycles. The molecule has 0 radical (unpaired) electrons. The molecule has 0 aromatic rings. The molecule has 0 aromatic heterocycles. The van der Waals surface area contributed by atoms with Crippen molar-refractivity contribution in [3.63, 3.8) is 0 Å². The molecule has 0 saturated heterocycles. The molecule has 6 N–H and O–H groups in total. The number of nitrogens with zero attached hydrogens (tertiary/aromatic N) is 1. The highest BCUT2D eigenvalue weighted by atomic mass is 32.2. The maximum Gasteiger partial charge on any atom is 0.193 e. The van der Waals surface area contributed by atoms with Crippen LogP contribution in [0.15, 0.2) is 4.99 Å². The van der Waals surface area contributed by atoms with E-state index in [1.807, 2.05) is 6.92 Å². The molecule has 0 aliphatic rings. The summed E-state index contributed by atoms with van der Waals surface area (Å²) in [7, 11) is 0. The standard InChI is InChI=1S/C6H14N4OS/c1-4(2-11)3-12-6(9)10-5(7)8/h4,11H,2-3H2,1H3,(H5,7,8,9,10). The maximum absolute atomic E-state index is 8.66. The highest BCUT2D eigenvalue weighted by Gasteiger charge is 2.02. The van der Waals surface area contributed by atoms with Crippen LogP contribution in [0.5, 0.6) is 0 Å². The third-order valence-corrected chi connectivity index (χ3v) is 2.15. The molecule has 1 unspecified atom stereocenters. The number of rotatable bonds is 3. The minimum atomic E-state index is -0.107. The van der Waals surface area contributed by atoms with Gasteiger partial charge in [-0.3, -0.25) is 5.41 Å². The lowest BCUT2D eigenvalue weighted by atomic mass is 10.2. The van der Waals surface area contributed by atoms with E-state index in [-0.39, 0.29) is 23.7 Å². The van der Waals surface area contributed by atoms with Gasteiger partial charge in [-0.15, -0.1) is 0 Å². The summed E-state index contributed by atoms with van der Waals surface area (Å²) in [6, 6.07) is 0. The molecule has 0 aromatic carbocycles. The predicted molar refractivity (Wildman–Crippen MR) is 52.2 cm³/mol. The lowest BCUT2D eigenvalue weighted by Gasteiger charge is -2.04. The van der Waals surface area contributed by atoms with Gasteiger partial charge < -0.3 is 16.6 Å². The second kappa shape index (κ2) is 5.84. The van der Waals surface area contributed by atoms with Crippen LogP contribution in [0.3, 0.4) is 0 Å².